The number of rotatable bonds is 5. The first-order valence-electron chi connectivity index (χ1n) is 8.77. The quantitative estimate of drug-likeness (QED) is 0.739. The summed E-state index contributed by atoms with van der Waals surface area (Å²) in [5, 5.41) is 0.651. The molecule has 1 saturated heterocycles. The molecule has 0 spiro atoms. The molecule has 2 aromatic carbocycles. The van der Waals surface area contributed by atoms with Crippen LogP contribution in [-0.2, 0) is 9.53 Å². The minimum atomic E-state index is -0.181. The molecule has 26 heavy (non-hydrogen) atoms. The maximum Gasteiger partial charge on any atom is 0.223 e. The molecule has 1 heterocycles. The third kappa shape index (κ3) is 4.71. The van der Waals surface area contributed by atoms with Crippen LogP contribution in [0.25, 0.3) is 0 Å². The minimum Gasteiger partial charge on any atom is -0.370 e. The van der Waals surface area contributed by atoms with Crippen LogP contribution >= 0.6 is 11.6 Å². The summed E-state index contributed by atoms with van der Waals surface area (Å²) in [7, 11) is 0. The van der Waals surface area contributed by atoms with Gasteiger partial charge in [0.05, 0.1) is 13.2 Å². The van der Waals surface area contributed by atoms with Gasteiger partial charge in [0.25, 0.3) is 0 Å². The lowest BCUT2D eigenvalue weighted by molar-refractivity contribution is -0.139. The molecular weight excluding hydrogens is 350 g/mol. The number of halogens is 1. The number of aryl methyl sites for hydroxylation is 1. The van der Waals surface area contributed by atoms with E-state index >= 15 is 0 Å². The number of ketones is 1. The number of amides is 1. The van der Waals surface area contributed by atoms with Gasteiger partial charge in [0.2, 0.25) is 5.91 Å². The van der Waals surface area contributed by atoms with Crippen molar-refractivity contribution in [3.8, 4) is 0 Å². The van der Waals surface area contributed by atoms with Gasteiger partial charge in [-0.05, 0) is 24.6 Å². The van der Waals surface area contributed by atoms with Crippen molar-refractivity contribution in [3.05, 3.63) is 70.2 Å². The first-order chi connectivity index (χ1) is 12.5. The van der Waals surface area contributed by atoms with E-state index < -0.39 is 0 Å². The Balaban J connectivity index is 1.55. The Morgan fingerprint density at radius 1 is 1.15 bits per heavy atom. The summed E-state index contributed by atoms with van der Waals surface area (Å²) < 4.78 is 5.79. The van der Waals surface area contributed by atoms with E-state index in [9.17, 15) is 9.59 Å². The average Bonchev–Trinajstić information content (AvgIpc) is 2.66. The second kappa shape index (κ2) is 8.47. The summed E-state index contributed by atoms with van der Waals surface area (Å²) in [5.41, 5.74) is 2.73. The van der Waals surface area contributed by atoms with E-state index in [-0.39, 0.29) is 30.6 Å². The highest BCUT2D eigenvalue weighted by Gasteiger charge is 2.25. The smallest absolute Gasteiger partial charge is 0.223 e. The Morgan fingerprint density at radius 3 is 2.65 bits per heavy atom. The highest BCUT2D eigenvalue weighted by Crippen LogP contribution is 2.25. The SMILES string of the molecule is Cc1ccc(C(=O)CCC(=O)N2CCOC(c3cccc(Cl)c3)C2)cc1. The topological polar surface area (TPSA) is 46.6 Å². The monoisotopic (exact) mass is 371 g/mol. The lowest BCUT2D eigenvalue weighted by atomic mass is 10.0. The van der Waals surface area contributed by atoms with Crippen LogP contribution in [0.5, 0.6) is 0 Å². The fourth-order valence-corrected chi connectivity index (χ4v) is 3.25. The van der Waals surface area contributed by atoms with Crippen molar-refractivity contribution in [1.29, 1.82) is 0 Å². The highest BCUT2D eigenvalue weighted by molar-refractivity contribution is 6.30. The zero-order valence-corrected chi connectivity index (χ0v) is 15.5. The maximum absolute atomic E-state index is 12.5. The van der Waals surface area contributed by atoms with Crippen molar-refractivity contribution < 1.29 is 14.3 Å². The number of carbonyl (C=O) groups excluding carboxylic acids is 2. The van der Waals surface area contributed by atoms with Gasteiger partial charge in [0, 0.05) is 30.0 Å². The molecule has 0 aromatic heterocycles. The zero-order valence-electron chi connectivity index (χ0n) is 14.8. The first-order valence-corrected chi connectivity index (χ1v) is 9.15. The van der Waals surface area contributed by atoms with E-state index in [0.717, 1.165) is 11.1 Å². The first kappa shape index (κ1) is 18.6. The molecule has 0 N–H and O–H groups in total. The Bertz CT molecular complexity index is 788. The van der Waals surface area contributed by atoms with Crippen molar-refractivity contribution in [2.45, 2.75) is 25.9 Å². The summed E-state index contributed by atoms with van der Waals surface area (Å²) in [6.45, 7) is 3.49. The number of nitrogens with zero attached hydrogens (tertiary/aromatic N) is 1. The zero-order chi connectivity index (χ0) is 18.5. The van der Waals surface area contributed by atoms with Crippen LogP contribution in [0.3, 0.4) is 0 Å². The molecule has 1 amide bonds. The Kier molecular flexibility index (Phi) is 6.07. The average molecular weight is 372 g/mol. The van der Waals surface area contributed by atoms with Gasteiger partial charge in [0.1, 0.15) is 6.10 Å². The number of hydrogen-bond acceptors (Lipinski definition) is 3. The minimum absolute atomic E-state index is 0.00185. The molecule has 0 aliphatic carbocycles. The van der Waals surface area contributed by atoms with Crippen LogP contribution in [0, 0.1) is 6.92 Å². The number of ether oxygens (including phenoxy) is 1. The van der Waals surface area contributed by atoms with Crippen molar-refractivity contribution in [2.75, 3.05) is 19.7 Å². The summed E-state index contributed by atoms with van der Waals surface area (Å²) in [6, 6.07) is 14.9. The second-order valence-corrected chi connectivity index (χ2v) is 6.98. The number of hydrogen-bond donors (Lipinski definition) is 0. The molecule has 0 radical (unpaired) electrons. The second-order valence-electron chi connectivity index (χ2n) is 6.54. The van der Waals surface area contributed by atoms with Crippen LogP contribution in [-0.4, -0.2) is 36.3 Å². The molecule has 5 heteroatoms. The largest absolute Gasteiger partial charge is 0.370 e. The molecule has 1 aliphatic rings. The molecular formula is C21H22ClNO3. The Morgan fingerprint density at radius 2 is 1.92 bits per heavy atom. The third-order valence-electron chi connectivity index (χ3n) is 4.58. The number of Topliss-reactive ketones (excluding diaryl/α,β-unsaturated/α-hetero) is 1. The molecule has 1 atom stereocenters. The predicted molar refractivity (Wildman–Crippen MR) is 101 cm³/mol. The van der Waals surface area contributed by atoms with Gasteiger partial charge in [-0.2, -0.15) is 0 Å². The molecule has 1 unspecified atom stereocenters. The number of benzene rings is 2. The van der Waals surface area contributed by atoms with E-state index in [1.54, 1.807) is 4.90 Å². The Labute approximate surface area is 158 Å². The fourth-order valence-electron chi connectivity index (χ4n) is 3.05. The van der Waals surface area contributed by atoms with E-state index in [0.29, 0.717) is 30.3 Å². The summed E-state index contributed by atoms with van der Waals surface area (Å²) >= 11 is 6.04. The lowest BCUT2D eigenvalue weighted by Crippen LogP contribution is -2.42. The molecule has 3 rings (SSSR count). The van der Waals surface area contributed by atoms with E-state index in [1.165, 1.54) is 0 Å². The molecule has 1 fully saturated rings. The maximum atomic E-state index is 12.5. The predicted octanol–water partition coefficient (Wildman–Crippen LogP) is 4.21. The summed E-state index contributed by atoms with van der Waals surface area (Å²) in [6.07, 6.45) is 0.259. The highest BCUT2D eigenvalue weighted by atomic mass is 35.5. The van der Waals surface area contributed by atoms with Crippen LogP contribution < -0.4 is 0 Å². The van der Waals surface area contributed by atoms with Gasteiger partial charge in [-0.15, -0.1) is 0 Å². The molecule has 1 aliphatic heterocycles. The van der Waals surface area contributed by atoms with Crippen molar-refractivity contribution in [2.24, 2.45) is 0 Å². The van der Waals surface area contributed by atoms with Gasteiger partial charge >= 0.3 is 0 Å². The molecule has 2 aromatic rings. The number of morpholine rings is 1. The van der Waals surface area contributed by atoms with Gasteiger partial charge in [-0.3, -0.25) is 9.59 Å². The normalized spacial score (nSPS) is 17.2. The number of carbonyl (C=O) groups is 2. The van der Waals surface area contributed by atoms with Gasteiger partial charge in [0.15, 0.2) is 5.78 Å². The third-order valence-corrected chi connectivity index (χ3v) is 4.81. The van der Waals surface area contributed by atoms with Crippen molar-refractivity contribution in [3.63, 3.8) is 0 Å². The lowest BCUT2D eigenvalue weighted by Gasteiger charge is -2.33. The van der Waals surface area contributed by atoms with E-state index in [1.807, 2.05) is 55.5 Å². The van der Waals surface area contributed by atoms with E-state index in [4.69, 9.17) is 16.3 Å². The molecule has 0 bridgehead atoms. The molecule has 0 saturated carbocycles. The van der Waals surface area contributed by atoms with Crippen LogP contribution in [0.1, 0.15) is 40.4 Å². The van der Waals surface area contributed by atoms with Gasteiger partial charge in [-0.1, -0.05) is 53.6 Å². The van der Waals surface area contributed by atoms with Crippen LogP contribution in [0.15, 0.2) is 48.5 Å². The summed E-state index contributed by atoms with van der Waals surface area (Å²) in [5.74, 6) is -0.0150. The van der Waals surface area contributed by atoms with Crippen LogP contribution in [0.2, 0.25) is 5.02 Å². The van der Waals surface area contributed by atoms with E-state index in [2.05, 4.69) is 0 Å². The molecule has 136 valence electrons. The standard InChI is InChI=1S/C21H22ClNO3/c1-15-5-7-16(8-6-15)19(24)9-10-21(25)23-11-12-26-20(14-23)17-3-2-4-18(22)13-17/h2-8,13,20H,9-12,14H2,1H3. The Hall–Kier alpha value is -2.17. The molecule has 4 nitrogen and oxygen atoms in total. The summed E-state index contributed by atoms with van der Waals surface area (Å²) in [4.78, 5) is 26.6. The van der Waals surface area contributed by atoms with Crippen molar-refractivity contribution in [1.82, 2.24) is 4.90 Å². The van der Waals surface area contributed by atoms with Gasteiger partial charge in [-0.25, -0.2) is 0 Å². The van der Waals surface area contributed by atoms with Crippen molar-refractivity contribution >= 4 is 23.3 Å². The van der Waals surface area contributed by atoms with Gasteiger partial charge < -0.3 is 9.64 Å². The fraction of sp³-hybridized carbons (Fsp3) is 0.333. The van der Waals surface area contributed by atoms with Crippen LogP contribution in [0.4, 0.5) is 0 Å².